The molecule has 2 unspecified atom stereocenters. The second-order valence-corrected chi connectivity index (χ2v) is 2.76. The van der Waals surface area contributed by atoms with E-state index < -0.39 is 0 Å². The molecule has 0 spiro atoms. The fourth-order valence-electron chi connectivity index (χ4n) is 0.676. The van der Waals surface area contributed by atoms with Crippen LogP contribution in [0.15, 0.2) is 18.7 Å². The average Bonchev–Trinajstić information content (AvgIpc) is 2.37. The van der Waals surface area contributed by atoms with E-state index in [1.165, 1.54) is 0 Å². The molecule has 0 bridgehead atoms. The van der Waals surface area contributed by atoms with Crippen LogP contribution in [0.5, 0.6) is 0 Å². The minimum Gasteiger partial charge on any atom is -0.331 e. The Morgan fingerprint density at radius 3 is 3.00 bits per heavy atom. The summed E-state index contributed by atoms with van der Waals surface area (Å²) in [7, 11) is 2.76. The lowest BCUT2D eigenvalue weighted by Gasteiger charge is -2.07. The van der Waals surface area contributed by atoms with Gasteiger partial charge >= 0.3 is 0 Å². The minimum absolute atomic E-state index is 0.507. The van der Waals surface area contributed by atoms with Gasteiger partial charge in [0.1, 0.15) is 0 Å². The highest BCUT2D eigenvalue weighted by Crippen LogP contribution is 2.17. The Labute approximate surface area is 57.5 Å². The molecule has 2 nitrogen and oxygen atoms in total. The van der Waals surface area contributed by atoms with Crippen molar-refractivity contribution in [1.82, 2.24) is 9.55 Å². The number of hydrogen-bond acceptors (Lipinski definition) is 1. The first kappa shape index (κ1) is 6.76. The summed E-state index contributed by atoms with van der Waals surface area (Å²) in [6.45, 7) is 2.15. The van der Waals surface area contributed by atoms with Crippen molar-refractivity contribution in [2.45, 2.75) is 19.1 Å². The Morgan fingerprint density at radius 1 is 1.78 bits per heavy atom. The molecule has 1 rings (SSSR count). The highest BCUT2D eigenvalue weighted by molar-refractivity contribution is 7.16. The van der Waals surface area contributed by atoms with E-state index in [1.807, 2.05) is 12.5 Å². The molecule has 0 saturated carbocycles. The van der Waals surface area contributed by atoms with Crippen molar-refractivity contribution in [2.75, 3.05) is 0 Å². The smallest absolute Gasteiger partial charge is 0.0951 e. The maximum absolute atomic E-state index is 3.94. The van der Waals surface area contributed by atoms with Crippen molar-refractivity contribution in [3.8, 4) is 0 Å². The number of hydrogen-bond donors (Lipinski definition) is 0. The fraction of sp³-hybridized carbons (Fsp3) is 0.500. The first-order chi connectivity index (χ1) is 4.34. The quantitative estimate of drug-likeness (QED) is 0.574. The summed E-state index contributed by atoms with van der Waals surface area (Å²) >= 11 is 0. The molecule has 0 aromatic carbocycles. The van der Waals surface area contributed by atoms with E-state index in [0.717, 1.165) is 6.42 Å². The van der Waals surface area contributed by atoms with E-state index in [9.17, 15) is 0 Å². The Hall–Kier alpha value is -0.360. The van der Waals surface area contributed by atoms with Crippen molar-refractivity contribution in [3.05, 3.63) is 18.7 Å². The van der Waals surface area contributed by atoms with Gasteiger partial charge in [0.05, 0.1) is 6.33 Å². The molecule has 1 aromatic heterocycles. The molecule has 0 saturated heterocycles. The molecule has 0 N–H and O–H groups in total. The lowest BCUT2D eigenvalue weighted by molar-refractivity contribution is 0.657. The second-order valence-electron chi connectivity index (χ2n) is 1.99. The number of aromatic nitrogens is 2. The zero-order chi connectivity index (χ0) is 6.69. The first-order valence-corrected chi connectivity index (χ1v) is 3.74. The van der Waals surface area contributed by atoms with Crippen molar-refractivity contribution < 1.29 is 0 Å². The predicted octanol–water partition coefficient (Wildman–Crippen LogP) is 1.67. The molecular formula is C6H11N2P. The van der Waals surface area contributed by atoms with Crippen molar-refractivity contribution in [3.63, 3.8) is 0 Å². The van der Waals surface area contributed by atoms with Crippen LogP contribution in [0.2, 0.25) is 0 Å². The third kappa shape index (κ3) is 1.52. The molecule has 0 aliphatic carbocycles. The van der Waals surface area contributed by atoms with Gasteiger partial charge in [0, 0.05) is 18.2 Å². The fourth-order valence-corrected chi connectivity index (χ4v) is 0.853. The van der Waals surface area contributed by atoms with E-state index in [1.54, 1.807) is 6.20 Å². The third-order valence-electron chi connectivity index (χ3n) is 1.33. The molecule has 50 valence electrons. The summed E-state index contributed by atoms with van der Waals surface area (Å²) in [5.74, 6) is 0.507. The molecule has 0 aliphatic rings. The van der Waals surface area contributed by atoms with Crippen molar-refractivity contribution >= 4 is 9.24 Å². The van der Waals surface area contributed by atoms with Crippen LogP contribution in [0.4, 0.5) is 0 Å². The molecule has 3 heteroatoms. The van der Waals surface area contributed by atoms with E-state index in [-0.39, 0.29) is 0 Å². The van der Waals surface area contributed by atoms with E-state index in [4.69, 9.17) is 0 Å². The number of nitrogens with zero attached hydrogens (tertiary/aromatic N) is 2. The molecule has 0 radical (unpaired) electrons. The highest BCUT2D eigenvalue weighted by Gasteiger charge is 1.96. The van der Waals surface area contributed by atoms with E-state index in [2.05, 4.69) is 25.7 Å². The van der Waals surface area contributed by atoms with Crippen LogP contribution in [0.25, 0.3) is 0 Å². The summed E-state index contributed by atoms with van der Waals surface area (Å²) in [6, 6.07) is 0. The maximum atomic E-state index is 3.94. The Bertz CT molecular complexity index is 160. The number of rotatable bonds is 2. The summed E-state index contributed by atoms with van der Waals surface area (Å²) in [5.41, 5.74) is 0. The van der Waals surface area contributed by atoms with Gasteiger partial charge in [-0.1, -0.05) is 6.92 Å². The largest absolute Gasteiger partial charge is 0.331 e. The molecule has 0 fully saturated rings. The summed E-state index contributed by atoms with van der Waals surface area (Å²) in [4.78, 5) is 3.94. The molecule has 2 atom stereocenters. The second kappa shape index (κ2) is 2.98. The molecule has 0 amide bonds. The molecule has 0 aliphatic heterocycles. The van der Waals surface area contributed by atoms with Crippen LogP contribution in [-0.2, 0) is 0 Å². The van der Waals surface area contributed by atoms with Gasteiger partial charge in [-0.15, -0.1) is 9.24 Å². The number of imidazole rings is 1. The molecule has 1 heterocycles. The minimum atomic E-state index is 0.507. The zero-order valence-electron chi connectivity index (χ0n) is 5.49. The maximum Gasteiger partial charge on any atom is 0.0951 e. The van der Waals surface area contributed by atoms with Gasteiger partial charge < -0.3 is 4.57 Å². The molecule has 9 heavy (non-hydrogen) atoms. The first-order valence-electron chi connectivity index (χ1n) is 3.07. The Morgan fingerprint density at radius 2 is 2.56 bits per heavy atom. The Kier molecular flexibility index (Phi) is 2.23. The predicted molar refractivity (Wildman–Crippen MR) is 41.3 cm³/mol. The van der Waals surface area contributed by atoms with Crippen LogP contribution < -0.4 is 0 Å². The van der Waals surface area contributed by atoms with Crippen LogP contribution in [-0.4, -0.2) is 9.55 Å². The standard InChI is InChI=1S/C6H11N2P/c1-2-6(9)8-4-3-7-5-8/h3-6H,2,9H2,1H3. The van der Waals surface area contributed by atoms with Gasteiger partial charge in [-0.3, -0.25) is 0 Å². The van der Waals surface area contributed by atoms with Gasteiger partial charge in [0.2, 0.25) is 0 Å². The molecular weight excluding hydrogens is 131 g/mol. The summed E-state index contributed by atoms with van der Waals surface area (Å²) in [6.07, 6.45) is 6.73. The lowest BCUT2D eigenvalue weighted by Crippen LogP contribution is -1.95. The van der Waals surface area contributed by atoms with Crippen molar-refractivity contribution in [1.29, 1.82) is 0 Å². The van der Waals surface area contributed by atoms with E-state index in [0.29, 0.717) is 5.78 Å². The van der Waals surface area contributed by atoms with Crippen LogP contribution in [0, 0.1) is 0 Å². The van der Waals surface area contributed by atoms with Gasteiger partial charge in [-0.05, 0) is 6.42 Å². The summed E-state index contributed by atoms with van der Waals surface area (Å²) < 4.78 is 2.07. The van der Waals surface area contributed by atoms with Crippen LogP contribution in [0.1, 0.15) is 19.1 Å². The van der Waals surface area contributed by atoms with Gasteiger partial charge in [0.15, 0.2) is 0 Å². The summed E-state index contributed by atoms with van der Waals surface area (Å²) in [5, 5.41) is 0. The van der Waals surface area contributed by atoms with Gasteiger partial charge in [-0.25, -0.2) is 4.98 Å². The average molecular weight is 142 g/mol. The molecule has 1 aromatic rings. The van der Waals surface area contributed by atoms with Crippen LogP contribution in [0.3, 0.4) is 0 Å². The normalized spacial score (nSPS) is 13.6. The van der Waals surface area contributed by atoms with E-state index >= 15 is 0 Å². The van der Waals surface area contributed by atoms with Crippen LogP contribution >= 0.6 is 9.24 Å². The third-order valence-corrected chi connectivity index (χ3v) is 2.14. The van der Waals surface area contributed by atoms with Gasteiger partial charge in [-0.2, -0.15) is 0 Å². The Balaban J connectivity index is 2.65. The highest BCUT2D eigenvalue weighted by atomic mass is 31.0. The monoisotopic (exact) mass is 142 g/mol. The topological polar surface area (TPSA) is 17.8 Å². The van der Waals surface area contributed by atoms with Crippen molar-refractivity contribution in [2.24, 2.45) is 0 Å². The SMILES string of the molecule is CCC(P)n1ccnc1. The van der Waals surface area contributed by atoms with Gasteiger partial charge in [0.25, 0.3) is 0 Å². The zero-order valence-corrected chi connectivity index (χ0v) is 6.64. The lowest BCUT2D eigenvalue weighted by atomic mass is 10.5.